The molecule has 0 radical (unpaired) electrons. The third-order valence-electron chi connectivity index (χ3n) is 2.92. The van der Waals surface area contributed by atoms with Crippen LogP contribution in [0.5, 0.6) is 5.75 Å². The average Bonchev–Trinajstić information content (AvgIpc) is 2.48. The van der Waals surface area contributed by atoms with Gasteiger partial charge < -0.3 is 4.74 Å². The fourth-order valence-corrected chi connectivity index (χ4v) is 1.67. The molecule has 0 atom stereocenters. The Balaban J connectivity index is 1.94. The second-order valence-electron chi connectivity index (χ2n) is 4.73. The van der Waals surface area contributed by atoms with Crippen molar-refractivity contribution in [3.8, 4) is 5.75 Å². The summed E-state index contributed by atoms with van der Waals surface area (Å²) in [5.74, 6) is 0.882. The number of nitrogens with zero attached hydrogens (tertiary/aromatic N) is 2. The molecule has 0 N–H and O–H groups in total. The smallest absolute Gasteiger partial charge is 0.119 e. The molecule has 0 spiro atoms. The molecule has 0 aromatic heterocycles. The van der Waals surface area contributed by atoms with Gasteiger partial charge in [0.05, 0.1) is 18.0 Å². The van der Waals surface area contributed by atoms with E-state index < -0.39 is 0 Å². The molecule has 0 aliphatic carbocycles. The average molecular weight is 268 g/mol. The lowest BCUT2D eigenvalue weighted by molar-refractivity contribution is 0.309. The first-order chi connectivity index (χ1) is 9.78. The summed E-state index contributed by atoms with van der Waals surface area (Å²) < 4.78 is 5.61. The minimum atomic E-state index is 0.765. The summed E-state index contributed by atoms with van der Waals surface area (Å²) in [5.41, 5.74) is 2.91. The zero-order valence-electron chi connectivity index (χ0n) is 12.0. The second-order valence-corrected chi connectivity index (χ2v) is 4.73. The fraction of sp³-hybridized carbons (Fsp3) is 0.294. The predicted octanol–water partition coefficient (Wildman–Crippen LogP) is 5.59. The molecule has 0 saturated carbocycles. The molecule has 20 heavy (non-hydrogen) atoms. The minimum absolute atomic E-state index is 0.765. The van der Waals surface area contributed by atoms with Gasteiger partial charge in [-0.25, -0.2) is 0 Å². The van der Waals surface area contributed by atoms with E-state index in [0.717, 1.165) is 36.6 Å². The Labute approximate surface area is 120 Å². The van der Waals surface area contributed by atoms with Crippen molar-refractivity contribution in [3.05, 3.63) is 54.1 Å². The van der Waals surface area contributed by atoms with E-state index in [1.807, 2.05) is 48.5 Å². The Bertz CT molecular complexity index is 544. The first-order valence-electron chi connectivity index (χ1n) is 6.99. The van der Waals surface area contributed by atoms with Crippen LogP contribution in [0.1, 0.15) is 25.3 Å². The van der Waals surface area contributed by atoms with Crippen molar-refractivity contribution in [2.45, 2.75) is 26.7 Å². The molecular formula is C17H20N2O. The number of unbranched alkanes of at least 4 members (excludes halogenated alkanes) is 1. The highest BCUT2D eigenvalue weighted by Crippen LogP contribution is 2.21. The van der Waals surface area contributed by atoms with E-state index in [2.05, 4.69) is 24.1 Å². The van der Waals surface area contributed by atoms with Gasteiger partial charge in [-0.1, -0.05) is 31.0 Å². The largest absolute Gasteiger partial charge is 0.494 e. The summed E-state index contributed by atoms with van der Waals surface area (Å²) in [5, 5.41) is 8.42. The molecule has 0 aliphatic rings. The maximum absolute atomic E-state index is 5.61. The van der Waals surface area contributed by atoms with Gasteiger partial charge in [-0.15, -0.1) is 0 Å². The number of rotatable bonds is 6. The molecule has 2 rings (SSSR count). The summed E-state index contributed by atoms with van der Waals surface area (Å²) in [6.07, 6.45) is 2.22. The molecule has 0 aliphatic heterocycles. The zero-order valence-corrected chi connectivity index (χ0v) is 12.0. The lowest BCUT2D eigenvalue weighted by Gasteiger charge is -2.04. The van der Waals surface area contributed by atoms with Gasteiger partial charge in [0.1, 0.15) is 5.75 Å². The van der Waals surface area contributed by atoms with Crippen LogP contribution in [0, 0.1) is 6.92 Å². The predicted molar refractivity (Wildman–Crippen MR) is 82.2 cm³/mol. The number of azo groups is 1. The Morgan fingerprint density at radius 1 is 0.850 bits per heavy atom. The van der Waals surface area contributed by atoms with E-state index in [4.69, 9.17) is 4.74 Å². The molecule has 0 bridgehead atoms. The lowest BCUT2D eigenvalue weighted by Crippen LogP contribution is -1.95. The van der Waals surface area contributed by atoms with Gasteiger partial charge >= 0.3 is 0 Å². The van der Waals surface area contributed by atoms with Crippen LogP contribution in [0.4, 0.5) is 11.4 Å². The van der Waals surface area contributed by atoms with Crippen LogP contribution in [-0.2, 0) is 0 Å². The van der Waals surface area contributed by atoms with Gasteiger partial charge in [0, 0.05) is 0 Å². The van der Waals surface area contributed by atoms with E-state index in [1.165, 1.54) is 5.56 Å². The van der Waals surface area contributed by atoms with E-state index in [1.54, 1.807) is 0 Å². The molecule has 0 heterocycles. The Morgan fingerprint density at radius 2 is 1.40 bits per heavy atom. The first kappa shape index (κ1) is 14.3. The van der Waals surface area contributed by atoms with Crippen LogP contribution < -0.4 is 4.74 Å². The van der Waals surface area contributed by atoms with Crippen LogP contribution in [-0.4, -0.2) is 6.61 Å². The molecule has 3 heteroatoms. The van der Waals surface area contributed by atoms with Crippen molar-refractivity contribution in [3.63, 3.8) is 0 Å². The number of benzene rings is 2. The van der Waals surface area contributed by atoms with Crippen LogP contribution in [0.25, 0.3) is 0 Å². The molecule has 0 unspecified atom stereocenters. The van der Waals surface area contributed by atoms with Crippen molar-refractivity contribution in [1.82, 2.24) is 0 Å². The lowest BCUT2D eigenvalue weighted by atomic mass is 10.2. The van der Waals surface area contributed by atoms with E-state index in [0.29, 0.717) is 0 Å². The molecule has 3 nitrogen and oxygen atoms in total. The highest BCUT2D eigenvalue weighted by molar-refractivity contribution is 5.43. The molecule has 0 amide bonds. The van der Waals surface area contributed by atoms with Crippen LogP contribution in [0.2, 0.25) is 0 Å². The Kier molecular flexibility index (Phi) is 5.30. The number of aryl methyl sites for hydroxylation is 1. The normalized spacial score (nSPS) is 10.9. The third-order valence-corrected chi connectivity index (χ3v) is 2.92. The molecular weight excluding hydrogens is 248 g/mol. The van der Waals surface area contributed by atoms with Crippen LogP contribution >= 0.6 is 0 Å². The van der Waals surface area contributed by atoms with Crippen molar-refractivity contribution < 1.29 is 4.74 Å². The van der Waals surface area contributed by atoms with Gasteiger partial charge in [-0.3, -0.25) is 0 Å². The summed E-state index contributed by atoms with van der Waals surface area (Å²) in [4.78, 5) is 0. The van der Waals surface area contributed by atoms with Gasteiger partial charge in [0.2, 0.25) is 0 Å². The zero-order chi connectivity index (χ0) is 14.2. The van der Waals surface area contributed by atoms with Gasteiger partial charge in [0.15, 0.2) is 0 Å². The standard InChI is InChI=1S/C17H20N2O/c1-3-4-13-20-17-11-9-16(10-12-17)19-18-15-7-5-14(2)6-8-15/h5-12H,3-4,13H2,1-2H3. The van der Waals surface area contributed by atoms with Gasteiger partial charge in [-0.2, -0.15) is 10.2 Å². The van der Waals surface area contributed by atoms with Gasteiger partial charge in [-0.05, 0) is 49.7 Å². The first-order valence-corrected chi connectivity index (χ1v) is 6.99. The molecule has 2 aromatic rings. The van der Waals surface area contributed by atoms with Crippen molar-refractivity contribution >= 4 is 11.4 Å². The monoisotopic (exact) mass is 268 g/mol. The quantitative estimate of drug-likeness (QED) is 0.496. The minimum Gasteiger partial charge on any atom is -0.494 e. The van der Waals surface area contributed by atoms with Crippen LogP contribution in [0.15, 0.2) is 58.8 Å². The second kappa shape index (κ2) is 7.43. The van der Waals surface area contributed by atoms with Crippen molar-refractivity contribution in [2.75, 3.05) is 6.61 Å². The number of hydrogen-bond acceptors (Lipinski definition) is 3. The Morgan fingerprint density at radius 3 is 1.95 bits per heavy atom. The summed E-state index contributed by atoms with van der Waals surface area (Å²) in [7, 11) is 0. The fourth-order valence-electron chi connectivity index (χ4n) is 1.67. The maximum atomic E-state index is 5.61. The van der Waals surface area contributed by atoms with Gasteiger partial charge in [0.25, 0.3) is 0 Å². The summed E-state index contributed by atoms with van der Waals surface area (Å²) in [6, 6.07) is 15.7. The SMILES string of the molecule is CCCCOc1ccc(N=Nc2ccc(C)cc2)cc1. The Hall–Kier alpha value is -2.16. The number of ether oxygens (including phenoxy) is 1. The topological polar surface area (TPSA) is 34.0 Å². The molecule has 2 aromatic carbocycles. The highest BCUT2D eigenvalue weighted by atomic mass is 16.5. The molecule has 104 valence electrons. The van der Waals surface area contributed by atoms with Crippen molar-refractivity contribution in [2.24, 2.45) is 10.2 Å². The third kappa shape index (κ3) is 4.50. The van der Waals surface area contributed by atoms with Crippen molar-refractivity contribution in [1.29, 1.82) is 0 Å². The summed E-state index contributed by atoms with van der Waals surface area (Å²) >= 11 is 0. The number of hydrogen-bond donors (Lipinski definition) is 0. The highest BCUT2D eigenvalue weighted by Gasteiger charge is 1.95. The van der Waals surface area contributed by atoms with E-state index >= 15 is 0 Å². The summed E-state index contributed by atoms with van der Waals surface area (Å²) in [6.45, 7) is 4.97. The molecule has 0 fully saturated rings. The van der Waals surface area contributed by atoms with Crippen LogP contribution in [0.3, 0.4) is 0 Å². The maximum Gasteiger partial charge on any atom is 0.119 e. The van der Waals surface area contributed by atoms with E-state index in [9.17, 15) is 0 Å². The van der Waals surface area contributed by atoms with E-state index in [-0.39, 0.29) is 0 Å². The molecule has 0 saturated heterocycles.